The van der Waals surface area contributed by atoms with Crippen molar-refractivity contribution in [2.24, 2.45) is 5.73 Å². The van der Waals surface area contributed by atoms with Gasteiger partial charge < -0.3 is 5.73 Å². The number of nitrogens with two attached hydrogens (primary N) is 1. The van der Waals surface area contributed by atoms with Crippen molar-refractivity contribution in [2.75, 3.05) is 0 Å². The van der Waals surface area contributed by atoms with Crippen molar-refractivity contribution < 1.29 is 4.79 Å². The van der Waals surface area contributed by atoms with Gasteiger partial charge in [0.25, 0.3) is 5.91 Å². The van der Waals surface area contributed by atoms with Crippen LogP contribution in [0.5, 0.6) is 0 Å². The predicted octanol–water partition coefficient (Wildman–Crippen LogP) is 1.29. The van der Waals surface area contributed by atoms with Gasteiger partial charge in [-0.05, 0) is 30.2 Å². The summed E-state index contributed by atoms with van der Waals surface area (Å²) in [6.07, 6.45) is 0.949. The van der Waals surface area contributed by atoms with E-state index in [0.29, 0.717) is 0 Å². The maximum atomic E-state index is 10.9. The van der Waals surface area contributed by atoms with E-state index < -0.39 is 5.91 Å². The van der Waals surface area contributed by atoms with Gasteiger partial charge in [-0.25, -0.2) is 0 Å². The highest BCUT2D eigenvalue weighted by Gasteiger charge is 2.04. The second-order valence-corrected chi connectivity index (χ2v) is 3.34. The number of hydrogen-bond donors (Lipinski definition) is 1. The third-order valence-corrected chi connectivity index (χ3v) is 2.31. The molecule has 0 aliphatic rings. The predicted molar refractivity (Wildman–Crippen MR) is 57.4 cm³/mol. The summed E-state index contributed by atoms with van der Waals surface area (Å²) in [6, 6.07) is 7.56. The fraction of sp³-hybridized carbons (Fsp3) is 0.182. The first-order valence-electron chi connectivity index (χ1n) is 4.77. The number of carbonyl (C=O) groups excluding carboxylic acids is 1. The van der Waals surface area contributed by atoms with E-state index in [1.165, 1.54) is 5.56 Å². The number of benzene rings is 1. The van der Waals surface area contributed by atoms with Crippen LogP contribution in [0, 0.1) is 0 Å². The van der Waals surface area contributed by atoms with Crippen LogP contribution in [0.2, 0.25) is 0 Å². The Bertz CT molecular complexity index is 522. The Morgan fingerprint density at radius 1 is 1.33 bits per heavy atom. The zero-order valence-corrected chi connectivity index (χ0v) is 8.40. The van der Waals surface area contributed by atoms with Crippen LogP contribution >= 0.6 is 0 Å². The highest BCUT2D eigenvalue weighted by molar-refractivity contribution is 5.94. The van der Waals surface area contributed by atoms with Gasteiger partial charge in [0, 0.05) is 5.39 Å². The maximum Gasteiger partial charge on any atom is 0.269 e. The number of amides is 1. The molecule has 0 spiro atoms. The molecule has 1 aromatic heterocycles. The van der Waals surface area contributed by atoms with Crippen molar-refractivity contribution in [3.63, 3.8) is 0 Å². The van der Waals surface area contributed by atoms with E-state index in [9.17, 15) is 4.79 Å². The topological polar surface area (TPSA) is 68.9 Å². The van der Waals surface area contributed by atoms with Crippen LogP contribution in [-0.2, 0) is 6.42 Å². The fourth-order valence-electron chi connectivity index (χ4n) is 1.43. The molecular formula is C11H11N3O. The summed E-state index contributed by atoms with van der Waals surface area (Å²) in [6.45, 7) is 2.07. The summed E-state index contributed by atoms with van der Waals surface area (Å²) in [5.41, 5.74) is 7.31. The molecule has 2 N–H and O–H groups in total. The number of primary amides is 1. The summed E-state index contributed by atoms with van der Waals surface area (Å²) in [7, 11) is 0. The molecule has 0 saturated carbocycles. The Kier molecular flexibility index (Phi) is 2.33. The summed E-state index contributed by atoms with van der Waals surface area (Å²) < 4.78 is 0. The molecule has 0 bridgehead atoms. The van der Waals surface area contributed by atoms with Gasteiger partial charge in [-0.1, -0.05) is 13.0 Å². The normalized spacial score (nSPS) is 10.5. The molecule has 0 aliphatic heterocycles. The fourth-order valence-corrected chi connectivity index (χ4v) is 1.43. The van der Waals surface area contributed by atoms with Gasteiger partial charge in [0.15, 0.2) is 5.69 Å². The van der Waals surface area contributed by atoms with Crippen molar-refractivity contribution in [3.8, 4) is 0 Å². The maximum absolute atomic E-state index is 10.9. The third kappa shape index (κ3) is 1.79. The van der Waals surface area contributed by atoms with Crippen LogP contribution in [0.4, 0.5) is 0 Å². The Balaban J connectivity index is 2.62. The van der Waals surface area contributed by atoms with Crippen molar-refractivity contribution in [1.82, 2.24) is 10.2 Å². The van der Waals surface area contributed by atoms with Gasteiger partial charge in [-0.2, -0.15) is 0 Å². The first-order valence-corrected chi connectivity index (χ1v) is 4.77. The van der Waals surface area contributed by atoms with E-state index >= 15 is 0 Å². The number of fused-ring (bicyclic) bond motifs is 1. The molecular weight excluding hydrogens is 190 g/mol. The molecule has 4 nitrogen and oxygen atoms in total. The lowest BCUT2D eigenvalue weighted by Gasteiger charge is -2.00. The minimum absolute atomic E-state index is 0.204. The van der Waals surface area contributed by atoms with E-state index in [2.05, 4.69) is 17.1 Å². The summed E-state index contributed by atoms with van der Waals surface area (Å²) in [5, 5.41) is 8.57. The van der Waals surface area contributed by atoms with Crippen molar-refractivity contribution in [1.29, 1.82) is 0 Å². The molecule has 0 saturated heterocycles. The Morgan fingerprint density at radius 2 is 2.13 bits per heavy atom. The smallest absolute Gasteiger partial charge is 0.269 e. The number of nitrogens with zero attached hydrogens (tertiary/aromatic N) is 2. The molecule has 15 heavy (non-hydrogen) atoms. The van der Waals surface area contributed by atoms with Gasteiger partial charge >= 0.3 is 0 Å². The molecule has 0 aliphatic carbocycles. The lowest BCUT2D eigenvalue weighted by Crippen LogP contribution is -2.13. The Labute approximate surface area is 87.1 Å². The molecule has 2 aromatic rings. The second-order valence-electron chi connectivity index (χ2n) is 3.34. The number of hydrogen-bond acceptors (Lipinski definition) is 3. The molecule has 0 radical (unpaired) electrons. The summed E-state index contributed by atoms with van der Waals surface area (Å²) >= 11 is 0. The van der Waals surface area contributed by atoms with Crippen LogP contribution in [0.25, 0.3) is 10.9 Å². The van der Waals surface area contributed by atoms with Gasteiger partial charge in [0.2, 0.25) is 0 Å². The second kappa shape index (κ2) is 3.65. The zero-order valence-electron chi connectivity index (χ0n) is 8.40. The van der Waals surface area contributed by atoms with Crippen LogP contribution in [0.1, 0.15) is 23.0 Å². The minimum atomic E-state index is -0.550. The quantitative estimate of drug-likeness (QED) is 0.796. The molecule has 0 unspecified atom stereocenters. The van der Waals surface area contributed by atoms with Crippen LogP contribution in [-0.4, -0.2) is 16.1 Å². The van der Waals surface area contributed by atoms with E-state index in [-0.39, 0.29) is 5.69 Å². The molecule has 0 fully saturated rings. The van der Waals surface area contributed by atoms with Gasteiger partial charge in [-0.15, -0.1) is 10.2 Å². The third-order valence-electron chi connectivity index (χ3n) is 2.31. The summed E-state index contributed by atoms with van der Waals surface area (Å²) in [5.74, 6) is -0.550. The van der Waals surface area contributed by atoms with Gasteiger partial charge in [0.05, 0.1) is 5.52 Å². The number of aromatic nitrogens is 2. The number of rotatable bonds is 2. The van der Waals surface area contributed by atoms with E-state index in [1.807, 2.05) is 18.2 Å². The summed E-state index contributed by atoms with van der Waals surface area (Å²) in [4.78, 5) is 10.9. The zero-order chi connectivity index (χ0) is 10.8. The first-order chi connectivity index (χ1) is 7.20. The largest absolute Gasteiger partial charge is 0.364 e. The standard InChI is InChI=1S/C11H11N3O/c1-2-7-3-4-9-8(5-7)6-10(11(12)15)14-13-9/h3-6H,2H2,1H3,(H2,12,15). The van der Waals surface area contributed by atoms with E-state index in [4.69, 9.17) is 5.73 Å². The van der Waals surface area contributed by atoms with Gasteiger partial charge in [0.1, 0.15) is 0 Å². The van der Waals surface area contributed by atoms with Crippen LogP contribution < -0.4 is 5.73 Å². The van der Waals surface area contributed by atoms with Crippen molar-refractivity contribution >= 4 is 16.8 Å². The molecule has 4 heteroatoms. The van der Waals surface area contributed by atoms with Crippen molar-refractivity contribution in [2.45, 2.75) is 13.3 Å². The molecule has 1 aromatic carbocycles. The van der Waals surface area contributed by atoms with Crippen LogP contribution in [0.15, 0.2) is 24.3 Å². The Morgan fingerprint density at radius 3 is 2.80 bits per heavy atom. The van der Waals surface area contributed by atoms with Crippen molar-refractivity contribution in [3.05, 3.63) is 35.5 Å². The van der Waals surface area contributed by atoms with Crippen LogP contribution in [0.3, 0.4) is 0 Å². The molecule has 76 valence electrons. The monoisotopic (exact) mass is 201 g/mol. The number of carbonyl (C=O) groups is 1. The lowest BCUT2D eigenvalue weighted by atomic mass is 10.1. The molecule has 1 heterocycles. The minimum Gasteiger partial charge on any atom is -0.364 e. The number of aryl methyl sites for hydroxylation is 1. The lowest BCUT2D eigenvalue weighted by molar-refractivity contribution is 0.0995. The van der Waals surface area contributed by atoms with Gasteiger partial charge in [-0.3, -0.25) is 4.79 Å². The average Bonchev–Trinajstić information content (AvgIpc) is 2.27. The molecule has 1 amide bonds. The molecule has 2 rings (SSSR count). The first kappa shape index (κ1) is 9.58. The van der Waals surface area contributed by atoms with E-state index in [1.54, 1.807) is 6.07 Å². The molecule has 0 atom stereocenters. The van der Waals surface area contributed by atoms with E-state index in [0.717, 1.165) is 17.3 Å². The highest BCUT2D eigenvalue weighted by Crippen LogP contribution is 2.14. The SMILES string of the molecule is CCc1ccc2nnc(C(N)=O)cc2c1. The highest BCUT2D eigenvalue weighted by atomic mass is 16.1. The average molecular weight is 201 g/mol. The Hall–Kier alpha value is -1.97.